The Morgan fingerprint density at radius 1 is 0.906 bits per heavy atom. The first-order valence-electron chi connectivity index (χ1n) is 12.1. The fraction of sp³-hybridized carbons (Fsp3) is 0.680. The van der Waals surface area contributed by atoms with Crippen molar-refractivity contribution >= 4 is 24.0 Å². The molecule has 0 aromatic heterocycles. The summed E-state index contributed by atoms with van der Waals surface area (Å²) in [5.41, 5.74) is 2.08. The number of ether oxygens (including phenoxy) is 2. The topological polar surface area (TPSA) is 54.4 Å². The molecule has 1 amide bonds. The minimum Gasteiger partial charge on any atom is -0.493 e. The minimum atomic E-state index is 0. The molecular weight excluding hydrogens is 426 g/mol. The number of nitrogens with zero attached hydrogens (tertiary/aromatic N) is 3. The summed E-state index contributed by atoms with van der Waals surface area (Å²) in [4.78, 5) is 15.8. The number of benzene rings is 1. The van der Waals surface area contributed by atoms with E-state index in [2.05, 4.69) is 11.0 Å². The molecule has 178 valence electrons. The van der Waals surface area contributed by atoms with Gasteiger partial charge in [-0.25, -0.2) is 5.01 Å². The summed E-state index contributed by atoms with van der Waals surface area (Å²) in [6, 6.07) is 6.00. The quantitative estimate of drug-likeness (QED) is 0.522. The maximum atomic E-state index is 13.2. The zero-order valence-corrected chi connectivity index (χ0v) is 20.4. The number of amides is 1. The highest BCUT2D eigenvalue weighted by atomic mass is 35.5. The molecule has 1 saturated heterocycles. The molecular formula is C25H38ClN3O3. The molecule has 2 fully saturated rings. The van der Waals surface area contributed by atoms with E-state index in [1.807, 2.05) is 12.1 Å². The van der Waals surface area contributed by atoms with Gasteiger partial charge in [-0.05, 0) is 76.4 Å². The second kappa shape index (κ2) is 11.9. The van der Waals surface area contributed by atoms with Crippen molar-refractivity contribution in [3.05, 3.63) is 23.8 Å². The highest BCUT2D eigenvalue weighted by Gasteiger charge is 2.41. The molecule has 0 bridgehead atoms. The first-order chi connectivity index (χ1) is 15.2. The van der Waals surface area contributed by atoms with Crippen LogP contribution in [0.2, 0.25) is 0 Å². The summed E-state index contributed by atoms with van der Waals surface area (Å²) in [5.74, 6) is 1.93. The van der Waals surface area contributed by atoms with Crippen LogP contribution in [0, 0.1) is 11.8 Å². The van der Waals surface area contributed by atoms with Crippen molar-refractivity contribution in [1.82, 2.24) is 9.91 Å². The Morgan fingerprint density at radius 2 is 1.59 bits per heavy atom. The zero-order chi connectivity index (χ0) is 21.6. The van der Waals surface area contributed by atoms with E-state index in [0.717, 1.165) is 56.3 Å². The summed E-state index contributed by atoms with van der Waals surface area (Å²) < 4.78 is 10.9. The van der Waals surface area contributed by atoms with Gasteiger partial charge in [0.2, 0.25) is 5.91 Å². The molecule has 32 heavy (non-hydrogen) atoms. The second-order valence-electron chi connectivity index (χ2n) is 9.12. The number of likely N-dealkylation sites (tertiary alicyclic amines) is 1. The van der Waals surface area contributed by atoms with Crippen LogP contribution in [-0.2, 0) is 4.79 Å². The van der Waals surface area contributed by atoms with Crippen molar-refractivity contribution in [3.8, 4) is 11.5 Å². The third-order valence-electron chi connectivity index (χ3n) is 7.14. The van der Waals surface area contributed by atoms with E-state index >= 15 is 0 Å². The fourth-order valence-corrected chi connectivity index (χ4v) is 5.41. The Morgan fingerprint density at radius 3 is 2.31 bits per heavy atom. The number of carbonyl (C=O) groups excluding carboxylic acids is 1. The van der Waals surface area contributed by atoms with Crippen molar-refractivity contribution < 1.29 is 14.3 Å². The lowest BCUT2D eigenvalue weighted by Crippen LogP contribution is -2.46. The Hall–Kier alpha value is -1.79. The number of unbranched alkanes of at least 4 members (excludes halogenated alkanes) is 1. The van der Waals surface area contributed by atoms with E-state index in [-0.39, 0.29) is 30.2 Å². The van der Waals surface area contributed by atoms with Crippen molar-refractivity contribution in [2.24, 2.45) is 16.9 Å². The SMILES string of the molecule is COc1ccc(C2=NN(CCCCN3CCCCC3)C(=O)[C@H]3CCCC[C@@H]23)cc1OC.Cl. The first kappa shape index (κ1) is 24.8. The van der Waals surface area contributed by atoms with Gasteiger partial charge in [0.15, 0.2) is 11.5 Å². The molecule has 1 aromatic rings. The van der Waals surface area contributed by atoms with E-state index in [4.69, 9.17) is 14.6 Å². The average Bonchev–Trinajstić information content (AvgIpc) is 2.83. The van der Waals surface area contributed by atoms with Crippen LogP contribution in [0.25, 0.3) is 0 Å². The Bertz CT molecular complexity index is 795. The summed E-state index contributed by atoms with van der Waals surface area (Å²) in [7, 11) is 3.31. The van der Waals surface area contributed by atoms with Gasteiger partial charge in [-0.1, -0.05) is 19.3 Å². The number of hydrogen-bond donors (Lipinski definition) is 0. The van der Waals surface area contributed by atoms with Crippen LogP contribution in [0.4, 0.5) is 0 Å². The number of hydrogen-bond acceptors (Lipinski definition) is 5. The molecule has 0 spiro atoms. The number of halogens is 1. The summed E-state index contributed by atoms with van der Waals surface area (Å²) in [5, 5.41) is 6.70. The fourth-order valence-electron chi connectivity index (χ4n) is 5.41. The van der Waals surface area contributed by atoms with Crippen molar-refractivity contribution in [2.45, 2.75) is 57.8 Å². The van der Waals surface area contributed by atoms with E-state index in [0.29, 0.717) is 18.0 Å². The Kier molecular flexibility index (Phi) is 9.23. The van der Waals surface area contributed by atoms with Crippen molar-refractivity contribution in [2.75, 3.05) is 40.4 Å². The molecule has 6 nitrogen and oxygen atoms in total. The number of methoxy groups -OCH3 is 2. The van der Waals surface area contributed by atoms with Gasteiger partial charge >= 0.3 is 0 Å². The smallest absolute Gasteiger partial charge is 0.246 e. The van der Waals surface area contributed by atoms with Gasteiger partial charge < -0.3 is 14.4 Å². The third-order valence-corrected chi connectivity index (χ3v) is 7.14. The Labute approximate surface area is 198 Å². The number of rotatable bonds is 8. The number of piperidine rings is 1. The number of hydrazone groups is 1. The normalized spacial score (nSPS) is 23.8. The molecule has 1 aromatic carbocycles. The predicted octanol–water partition coefficient (Wildman–Crippen LogP) is 4.74. The maximum absolute atomic E-state index is 13.2. The summed E-state index contributed by atoms with van der Waals surface area (Å²) in [6.07, 6.45) is 10.5. The molecule has 0 radical (unpaired) electrons. The first-order valence-corrected chi connectivity index (χ1v) is 12.1. The van der Waals surface area contributed by atoms with Crippen LogP contribution in [0.15, 0.2) is 23.3 Å². The number of fused-ring (bicyclic) bond motifs is 1. The highest BCUT2D eigenvalue weighted by molar-refractivity contribution is 6.07. The Balaban J connectivity index is 0.00000289. The van der Waals surface area contributed by atoms with Crippen LogP contribution in [0.1, 0.15) is 63.4 Å². The molecule has 4 rings (SSSR count). The lowest BCUT2D eigenvalue weighted by Gasteiger charge is -2.38. The molecule has 2 atom stereocenters. The van der Waals surface area contributed by atoms with Crippen LogP contribution in [0.5, 0.6) is 11.5 Å². The summed E-state index contributed by atoms with van der Waals surface area (Å²) in [6.45, 7) is 4.31. The zero-order valence-electron chi connectivity index (χ0n) is 19.6. The van der Waals surface area contributed by atoms with Crippen molar-refractivity contribution in [1.29, 1.82) is 0 Å². The molecule has 3 aliphatic rings. The van der Waals surface area contributed by atoms with Gasteiger partial charge in [0.1, 0.15) is 0 Å². The van der Waals surface area contributed by atoms with E-state index < -0.39 is 0 Å². The standard InChI is InChI=1S/C25H37N3O3.ClH/c1-30-22-13-12-19(18-23(22)31-2)24-20-10-4-5-11-21(20)25(29)28(26-24)17-9-8-16-27-14-6-3-7-15-27;/h12-13,18,20-21H,3-11,14-17H2,1-2H3;1H/t20-,21+;/m1./s1. The van der Waals surface area contributed by atoms with Gasteiger partial charge in [-0.2, -0.15) is 5.10 Å². The molecule has 2 aliphatic heterocycles. The van der Waals surface area contributed by atoms with Gasteiger partial charge in [0.25, 0.3) is 0 Å². The average molecular weight is 464 g/mol. The summed E-state index contributed by atoms with van der Waals surface area (Å²) >= 11 is 0. The minimum absolute atomic E-state index is 0. The monoisotopic (exact) mass is 463 g/mol. The highest BCUT2D eigenvalue weighted by Crippen LogP contribution is 2.39. The van der Waals surface area contributed by atoms with Gasteiger partial charge in [-0.3, -0.25) is 4.79 Å². The maximum Gasteiger partial charge on any atom is 0.246 e. The predicted molar refractivity (Wildman–Crippen MR) is 130 cm³/mol. The van der Waals surface area contributed by atoms with Crippen LogP contribution in [0.3, 0.4) is 0 Å². The largest absolute Gasteiger partial charge is 0.493 e. The van der Waals surface area contributed by atoms with E-state index in [9.17, 15) is 4.79 Å². The second-order valence-corrected chi connectivity index (χ2v) is 9.12. The molecule has 0 unspecified atom stereocenters. The third kappa shape index (κ3) is 5.57. The number of carbonyl (C=O) groups is 1. The lowest BCUT2D eigenvalue weighted by molar-refractivity contribution is -0.139. The van der Waals surface area contributed by atoms with Crippen LogP contribution in [-0.4, -0.2) is 61.9 Å². The van der Waals surface area contributed by atoms with Crippen molar-refractivity contribution in [3.63, 3.8) is 0 Å². The van der Waals surface area contributed by atoms with E-state index in [1.54, 1.807) is 19.2 Å². The van der Waals surface area contributed by atoms with Gasteiger partial charge in [0, 0.05) is 23.9 Å². The molecule has 0 N–H and O–H groups in total. The van der Waals surface area contributed by atoms with Crippen LogP contribution < -0.4 is 9.47 Å². The van der Waals surface area contributed by atoms with E-state index in [1.165, 1.54) is 32.4 Å². The van der Waals surface area contributed by atoms with Crippen LogP contribution >= 0.6 is 12.4 Å². The van der Waals surface area contributed by atoms with Gasteiger partial charge in [0.05, 0.1) is 19.9 Å². The molecule has 1 aliphatic carbocycles. The lowest BCUT2D eigenvalue weighted by atomic mass is 9.73. The van der Waals surface area contributed by atoms with Gasteiger partial charge in [-0.15, -0.1) is 12.4 Å². The molecule has 7 heteroatoms. The molecule has 1 saturated carbocycles. The molecule has 2 heterocycles.